The van der Waals surface area contributed by atoms with Gasteiger partial charge in [0, 0.05) is 17.1 Å². The van der Waals surface area contributed by atoms with Crippen molar-refractivity contribution in [2.24, 2.45) is 0 Å². The van der Waals surface area contributed by atoms with Crippen LogP contribution < -0.4 is 5.19 Å². The minimum atomic E-state index is -1.51. The molecule has 0 atom stereocenters. The number of fused-ring (bicyclic) bond motifs is 2. The number of hydrogen-bond acceptors (Lipinski definition) is 2. The Hall–Kier alpha value is -2.96. The second-order valence-electron chi connectivity index (χ2n) is 8.12. The normalized spacial score (nSPS) is 11.7. The van der Waals surface area contributed by atoms with Crippen molar-refractivity contribution in [3.8, 4) is 17.3 Å². The summed E-state index contributed by atoms with van der Waals surface area (Å²) in [5, 5.41) is 15.7. The van der Waals surface area contributed by atoms with Crippen LogP contribution in [0.2, 0.25) is 19.6 Å². The van der Waals surface area contributed by atoms with Gasteiger partial charge < -0.3 is 0 Å². The SMILES string of the molecule is Cc1ccc2c(-c3cc(C#N)c4ccccc4c3)nccc2c1[Si](C)(C)C. The predicted octanol–water partition coefficient (Wildman–Crippen LogP) is 5.78. The molecule has 132 valence electrons. The summed E-state index contributed by atoms with van der Waals surface area (Å²) in [6.45, 7) is 9.37. The number of hydrogen-bond donors (Lipinski definition) is 0. The molecule has 4 rings (SSSR count). The number of nitriles is 1. The molecular weight excluding hydrogens is 344 g/mol. The van der Waals surface area contributed by atoms with Crippen molar-refractivity contribution in [2.75, 3.05) is 0 Å². The number of benzene rings is 3. The fourth-order valence-electron chi connectivity index (χ4n) is 4.13. The van der Waals surface area contributed by atoms with Crippen LogP contribution in [0.5, 0.6) is 0 Å². The van der Waals surface area contributed by atoms with E-state index in [0.717, 1.165) is 22.0 Å². The summed E-state index contributed by atoms with van der Waals surface area (Å²) < 4.78 is 0. The second-order valence-corrected chi connectivity index (χ2v) is 13.1. The van der Waals surface area contributed by atoms with E-state index in [9.17, 15) is 5.26 Å². The Morgan fingerprint density at radius 2 is 1.67 bits per heavy atom. The van der Waals surface area contributed by atoms with Crippen molar-refractivity contribution >= 4 is 34.8 Å². The van der Waals surface area contributed by atoms with E-state index < -0.39 is 8.07 Å². The van der Waals surface area contributed by atoms with E-state index in [1.165, 1.54) is 21.5 Å². The van der Waals surface area contributed by atoms with Gasteiger partial charge in [-0.3, -0.25) is 4.98 Å². The maximum Gasteiger partial charge on any atom is 0.0998 e. The van der Waals surface area contributed by atoms with E-state index in [1.54, 1.807) is 0 Å². The highest BCUT2D eigenvalue weighted by Crippen LogP contribution is 2.31. The number of nitrogens with zero attached hydrogens (tertiary/aromatic N) is 2. The second kappa shape index (κ2) is 6.33. The van der Waals surface area contributed by atoms with Gasteiger partial charge in [-0.05, 0) is 46.5 Å². The van der Waals surface area contributed by atoms with E-state index in [1.807, 2.05) is 30.5 Å². The van der Waals surface area contributed by atoms with Crippen molar-refractivity contribution in [1.82, 2.24) is 4.98 Å². The van der Waals surface area contributed by atoms with Gasteiger partial charge in [-0.25, -0.2) is 0 Å². The van der Waals surface area contributed by atoms with Gasteiger partial charge in [0.15, 0.2) is 0 Å². The Morgan fingerprint density at radius 1 is 0.889 bits per heavy atom. The Labute approximate surface area is 161 Å². The summed E-state index contributed by atoms with van der Waals surface area (Å²) >= 11 is 0. The minimum absolute atomic E-state index is 0.694. The van der Waals surface area contributed by atoms with Crippen LogP contribution in [-0.2, 0) is 0 Å². The largest absolute Gasteiger partial charge is 0.256 e. The first kappa shape index (κ1) is 17.5. The standard InChI is InChI=1S/C24H22N2Si/c1-16-9-10-21-22(24(16)27(2,3)4)11-12-26-23(21)18-13-17-7-5-6-8-20(17)19(14-18)15-25/h5-14H,1-4H3. The minimum Gasteiger partial charge on any atom is -0.256 e. The first-order chi connectivity index (χ1) is 12.9. The summed E-state index contributed by atoms with van der Waals surface area (Å²) in [6.07, 6.45) is 1.90. The summed E-state index contributed by atoms with van der Waals surface area (Å²) in [4.78, 5) is 4.72. The molecule has 0 aliphatic rings. The van der Waals surface area contributed by atoms with Crippen molar-refractivity contribution in [2.45, 2.75) is 26.6 Å². The lowest BCUT2D eigenvalue weighted by atomic mass is 9.97. The van der Waals surface area contributed by atoms with E-state index in [2.05, 4.69) is 63.0 Å². The quantitative estimate of drug-likeness (QED) is 0.422. The molecular formula is C24H22N2Si. The van der Waals surface area contributed by atoms with Gasteiger partial charge in [0.1, 0.15) is 0 Å². The van der Waals surface area contributed by atoms with Crippen LogP contribution in [0, 0.1) is 18.3 Å². The highest BCUT2D eigenvalue weighted by molar-refractivity contribution is 6.90. The first-order valence-electron chi connectivity index (χ1n) is 9.22. The maximum absolute atomic E-state index is 9.64. The molecule has 27 heavy (non-hydrogen) atoms. The third-order valence-electron chi connectivity index (χ3n) is 5.16. The van der Waals surface area contributed by atoms with Gasteiger partial charge in [0.2, 0.25) is 0 Å². The molecule has 0 fully saturated rings. The Bertz CT molecular complexity index is 1230. The van der Waals surface area contributed by atoms with Crippen molar-refractivity contribution in [3.05, 3.63) is 71.9 Å². The number of rotatable bonds is 2. The van der Waals surface area contributed by atoms with Crippen LogP contribution >= 0.6 is 0 Å². The zero-order valence-electron chi connectivity index (χ0n) is 16.2. The molecule has 1 heterocycles. The van der Waals surface area contributed by atoms with E-state index in [0.29, 0.717) is 5.56 Å². The Balaban J connectivity index is 2.07. The van der Waals surface area contributed by atoms with Crippen LogP contribution in [0.3, 0.4) is 0 Å². The molecule has 0 bridgehead atoms. The third-order valence-corrected chi connectivity index (χ3v) is 7.32. The van der Waals surface area contributed by atoms with E-state index in [4.69, 9.17) is 4.98 Å². The van der Waals surface area contributed by atoms with Crippen LogP contribution in [0.25, 0.3) is 32.8 Å². The lowest BCUT2D eigenvalue weighted by molar-refractivity contribution is 1.35. The zero-order chi connectivity index (χ0) is 19.2. The number of pyridine rings is 1. The molecule has 0 saturated heterocycles. The topological polar surface area (TPSA) is 36.7 Å². The van der Waals surface area contributed by atoms with Gasteiger partial charge in [-0.1, -0.05) is 61.6 Å². The molecule has 0 spiro atoms. The Kier molecular flexibility index (Phi) is 4.09. The molecule has 0 radical (unpaired) electrons. The predicted molar refractivity (Wildman–Crippen MR) is 117 cm³/mol. The molecule has 0 N–H and O–H groups in total. The van der Waals surface area contributed by atoms with Crippen LogP contribution in [0.4, 0.5) is 0 Å². The zero-order valence-corrected chi connectivity index (χ0v) is 17.2. The van der Waals surface area contributed by atoms with Gasteiger partial charge in [-0.15, -0.1) is 0 Å². The highest BCUT2D eigenvalue weighted by Gasteiger charge is 2.22. The molecule has 3 heteroatoms. The average Bonchev–Trinajstić information content (AvgIpc) is 2.65. The molecule has 0 amide bonds. The maximum atomic E-state index is 9.64. The van der Waals surface area contributed by atoms with E-state index in [-0.39, 0.29) is 0 Å². The smallest absolute Gasteiger partial charge is 0.0998 e. The monoisotopic (exact) mass is 366 g/mol. The third kappa shape index (κ3) is 2.93. The molecule has 0 aliphatic heterocycles. The van der Waals surface area contributed by atoms with Crippen LogP contribution in [-0.4, -0.2) is 13.1 Å². The lowest BCUT2D eigenvalue weighted by Gasteiger charge is -2.23. The number of aryl methyl sites for hydroxylation is 1. The van der Waals surface area contributed by atoms with Crippen molar-refractivity contribution in [3.63, 3.8) is 0 Å². The summed E-state index contributed by atoms with van der Waals surface area (Å²) in [7, 11) is -1.51. The van der Waals surface area contributed by atoms with Gasteiger partial charge in [-0.2, -0.15) is 5.26 Å². The molecule has 0 unspecified atom stereocenters. The molecule has 0 saturated carbocycles. The van der Waals surface area contributed by atoms with Crippen molar-refractivity contribution < 1.29 is 0 Å². The lowest BCUT2D eigenvalue weighted by Crippen LogP contribution is -2.40. The Morgan fingerprint density at radius 3 is 2.41 bits per heavy atom. The molecule has 4 aromatic rings. The summed E-state index contributed by atoms with van der Waals surface area (Å²) in [6, 6.07) is 21.0. The molecule has 3 aromatic carbocycles. The van der Waals surface area contributed by atoms with Gasteiger partial charge in [0.25, 0.3) is 0 Å². The first-order valence-corrected chi connectivity index (χ1v) is 12.7. The van der Waals surface area contributed by atoms with Crippen molar-refractivity contribution in [1.29, 1.82) is 5.26 Å². The fourth-order valence-corrected chi connectivity index (χ4v) is 6.42. The van der Waals surface area contributed by atoms with E-state index >= 15 is 0 Å². The average molecular weight is 367 g/mol. The summed E-state index contributed by atoms with van der Waals surface area (Å²) in [5.41, 5.74) is 4.00. The summed E-state index contributed by atoms with van der Waals surface area (Å²) in [5.74, 6) is 0. The van der Waals surface area contributed by atoms with Gasteiger partial charge >= 0.3 is 0 Å². The van der Waals surface area contributed by atoms with Crippen LogP contribution in [0.15, 0.2) is 60.8 Å². The van der Waals surface area contributed by atoms with Gasteiger partial charge in [0.05, 0.1) is 25.4 Å². The molecule has 0 aliphatic carbocycles. The number of aromatic nitrogens is 1. The van der Waals surface area contributed by atoms with Crippen LogP contribution in [0.1, 0.15) is 11.1 Å². The highest BCUT2D eigenvalue weighted by atomic mass is 28.3. The molecule has 1 aromatic heterocycles. The molecule has 2 nitrogen and oxygen atoms in total. The fraction of sp³-hybridized carbons (Fsp3) is 0.167.